The highest BCUT2D eigenvalue weighted by Crippen LogP contribution is 2.37. The molecular weight excluding hydrogens is 302 g/mol. The third-order valence-corrected chi connectivity index (χ3v) is 3.16. The lowest BCUT2D eigenvalue weighted by Gasteiger charge is -2.29. The van der Waals surface area contributed by atoms with E-state index < -0.39 is 15.0 Å². The molecule has 0 fully saturated rings. The van der Waals surface area contributed by atoms with Gasteiger partial charge < -0.3 is 0 Å². The Morgan fingerprint density at radius 2 is 2.06 bits per heavy atom. The second-order valence-corrected chi connectivity index (χ2v) is 6.36. The molecule has 0 spiro atoms. The number of nitrogens with zero attached hydrogens (tertiary/aromatic N) is 4. The second kappa shape index (κ2) is 6.63. The highest BCUT2D eigenvalue weighted by molar-refractivity contribution is 6.68. The maximum Gasteiger partial charge on any atom is 0.236 e. The normalized spacial score (nSPS) is 19.7. The van der Waals surface area contributed by atoms with Crippen molar-refractivity contribution in [1.82, 2.24) is 10.0 Å². The Bertz CT molecular complexity index is 321. The summed E-state index contributed by atoms with van der Waals surface area (Å²) >= 11 is 17.3. The molecule has 9 heteroatoms. The van der Waals surface area contributed by atoms with E-state index in [0.717, 1.165) is 32.0 Å². The van der Waals surface area contributed by atoms with E-state index in [1.807, 2.05) is 0 Å². The molecule has 18 heavy (non-hydrogen) atoms. The smallest absolute Gasteiger partial charge is 0.236 e. The highest BCUT2D eigenvalue weighted by Gasteiger charge is 2.49. The van der Waals surface area contributed by atoms with E-state index in [4.69, 9.17) is 34.8 Å². The van der Waals surface area contributed by atoms with Crippen molar-refractivity contribution in [2.24, 2.45) is 5.10 Å². The predicted octanol–water partition coefficient (Wildman–Crippen LogP) is 3.02. The largest absolute Gasteiger partial charge is 0.263 e. The molecule has 0 aromatic carbocycles. The van der Waals surface area contributed by atoms with E-state index in [0.29, 0.717) is 11.6 Å². The van der Waals surface area contributed by atoms with Crippen LogP contribution in [0.2, 0.25) is 0 Å². The average molecular weight is 318 g/mol. The molecule has 6 nitrogen and oxygen atoms in total. The molecular formula is C9H15Cl3N4O2. The number of halogens is 3. The molecule has 0 aromatic rings. The summed E-state index contributed by atoms with van der Waals surface area (Å²) in [5, 5.41) is 16.3. The minimum Gasteiger partial charge on any atom is -0.263 e. The van der Waals surface area contributed by atoms with Crippen molar-refractivity contribution in [2.75, 3.05) is 6.54 Å². The van der Waals surface area contributed by atoms with Crippen molar-refractivity contribution in [2.45, 2.75) is 42.6 Å². The number of hydrogen-bond donors (Lipinski definition) is 0. The summed E-state index contributed by atoms with van der Waals surface area (Å²) in [6.07, 6.45) is 4.17. The third-order valence-electron chi connectivity index (χ3n) is 2.57. The van der Waals surface area contributed by atoms with Crippen molar-refractivity contribution >= 4 is 41.1 Å². The van der Waals surface area contributed by atoms with Crippen LogP contribution in [0.25, 0.3) is 0 Å². The molecule has 1 aliphatic heterocycles. The number of unbranched alkanes of at least 4 members (excludes halogenated alkanes) is 3. The minimum absolute atomic E-state index is 0.527. The fourth-order valence-corrected chi connectivity index (χ4v) is 2.35. The van der Waals surface area contributed by atoms with Crippen molar-refractivity contribution in [3.8, 4) is 0 Å². The first kappa shape index (κ1) is 15.6. The number of alkyl halides is 3. The monoisotopic (exact) mass is 316 g/mol. The van der Waals surface area contributed by atoms with Crippen molar-refractivity contribution in [1.29, 1.82) is 0 Å². The lowest BCUT2D eigenvalue weighted by molar-refractivity contribution is -0.638. The van der Waals surface area contributed by atoms with Crippen LogP contribution in [-0.4, -0.2) is 37.9 Å². The van der Waals surface area contributed by atoms with E-state index in [-0.39, 0.29) is 0 Å². The quantitative estimate of drug-likeness (QED) is 0.327. The summed E-state index contributed by atoms with van der Waals surface area (Å²) in [5.41, 5.74) is 0. The van der Waals surface area contributed by atoms with Crippen LogP contribution in [0.1, 0.15) is 32.6 Å². The lowest BCUT2D eigenvalue weighted by atomic mass is 10.2. The molecule has 0 saturated heterocycles. The van der Waals surface area contributed by atoms with Gasteiger partial charge in [-0.05, 0) is 6.42 Å². The van der Waals surface area contributed by atoms with Gasteiger partial charge in [-0.3, -0.25) is 5.01 Å². The standard InChI is InChI=1S/C9H15Cl3N4O2/c1-2-3-4-5-6-14-8(9(10,11)12)15(7-13-14)16(17)18/h7-8H,2-6H2,1H3. The minimum atomic E-state index is -1.80. The Morgan fingerprint density at radius 1 is 1.39 bits per heavy atom. The van der Waals surface area contributed by atoms with Crippen LogP contribution < -0.4 is 0 Å². The number of nitro groups is 1. The van der Waals surface area contributed by atoms with Gasteiger partial charge in [0.1, 0.15) is 0 Å². The van der Waals surface area contributed by atoms with Gasteiger partial charge in [0.25, 0.3) is 0 Å². The first-order valence-electron chi connectivity index (χ1n) is 5.68. The van der Waals surface area contributed by atoms with Crippen LogP contribution in [0.4, 0.5) is 0 Å². The Balaban J connectivity index is 2.62. The molecule has 0 aromatic heterocycles. The Kier molecular flexibility index (Phi) is 5.75. The van der Waals surface area contributed by atoms with E-state index >= 15 is 0 Å². The van der Waals surface area contributed by atoms with Crippen LogP contribution in [0, 0.1) is 10.1 Å². The Labute approximate surface area is 121 Å². The van der Waals surface area contributed by atoms with Gasteiger partial charge >= 0.3 is 0 Å². The molecule has 1 atom stereocenters. The lowest BCUT2D eigenvalue weighted by Crippen LogP contribution is -2.51. The summed E-state index contributed by atoms with van der Waals surface area (Å²) in [7, 11) is 0. The fourth-order valence-electron chi connectivity index (χ4n) is 1.71. The summed E-state index contributed by atoms with van der Waals surface area (Å²) in [5.74, 6) is 0. The molecule has 0 N–H and O–H groups in total. The molecule has 0 bridgehead atoms. The molecule has 0 amide bonds. The van der Waals surface area contributed by atoms with Gasteiger partial charge in [-0.1, -0.05) is 66.0 Å². The molecule has 0 saturated carbocycles. The summed E-state index contributed by atoms with van der Waals surface area (Å²) in [4.78, 5) is 10.8. The number of hydrogen-bond acceptors (Lipinski definition) is 4. The van der Waals surface area contributed by atoms with Crippen LogP contribution in [0.5, 0.6) is 0 Å². The Hall–Kier alpha value is -0.460. The van der Waals surface area contributed by atoms with Crippen LogP contribution in [0.15, 0.2) is 5.10 Å². The van der Waals surface area contributed by atoms with Crippen molar-refractivity contribution in [3.63, 3.8) is 0 Å². The van der Waals surface area contributed by atoms with Gasteiger partial charge in [0.15, 0.2) is 11.4 Å². The van der Waals surface area contributed by atoms with Gasteiger partial charge in [-0.2, -0.15) is 5.10 Å². The van der Waals surface area contributed by atoms with Gasteiger partial charge in [-0.25, -0.2) is 10.1 Å². The number of hydrazone groups is 1. The number of rotatable bonds is 6. The predicted molar refractivity (Wildman–Crippen MR) is 72.3 cm³/mol. The molecule has 1 aliphatic rings. The fraction of sp³-hybridized carbons (Fsp3) is 0.889. The molecule has 1 rings (SSSR count). The molecule has 1 unspecified atom stereocenters. The summed E-state index contributed by atoms with van der Waals surface area (Å²) in [6, 6.07) is 0. The van der Waals surface area contributed by atoms with Gasteiger partial charge in [0.2, 0.25) is 9.96 Å². The first-order valence-corrected chi connectivity index (χ1v) is 6.81. The highest BCUT2D eigenvalue weighted by atomic mass is 35.6. The van der Waals surface area contributed by atoms with E-state index in [1.165, 1.54) is 5.01 Å². The van der Waals surface area contributed by atoms with Crippen LogP contribution in [-0.2, 0) is 0 Å². The molecule has 1 heterocycles. The average Bonchev–Trinajstić information content (AvgIpc) is 2.68. The SMILES string of the molecule is CCCCCCN1N=CN([N+](=O)[O-])C1C(Cl)(Cl)Cl. The zero-order chi connectivity index (χ0) is 13.8. The molecule has 0 aliphatic carbocycles. The Morgan fingerprint density at radius 3 is 2.56 bits per heavy atom. The van der Waals surface area contributed by atoms with Crippen LogP contribution in [0.3, 0.4) is 0 Å². The van der Waals surface area contributed by atoms with E-state index in [1.54, 1.807) is 0 Å². The zero-order valence-electron chi connectivity index (χ0n) is 9.93. The van der Waals surface area contributed by atoms with E-state index in [9.17, 15) is 10.1 Å². The number of hydrazine groups is 1. The van der Waals surface area contributed by atoms with Crippen LogP contribution >= 0.6 is 34.8 Å². The summed E-state index contributed by atoms with van der Waals surface area (Å²) in [6.45, 7) is 2.63. The van der Waals surface area contributed by atoms with Gasteiger partial charge in [-0.15, -0.1) is 0 Å². The van der Waals surface area contributed by atoms with Crippen molar-refractivity contribution < 1.29 is 5.03 Å². The van der Waals surface area contributed by atoms with Gasteiger partial charge in [0, 0.05) is 6.54 Å². The first-order chi connectivity index (χ1) is 8.38. The molecule has 0 radical (unpaired) electrons. The summed E-state index contributed by atoms with van der Waals surface area (Å²) < 4.78 is -1.80. The van der Waals surface area contributed by atoms with E-state index in [2.05, 4.69) is 12.0 Å². The maximum atomic E-state index is 10.8. The zero-order valence-corrected chi connectivity index (χ0v) is 12.2. The van der Waals surface area contributed by atoms with Crippen molar-refractivity contribution in [3.05, 3.63) is 10.1 Å². The third kappa shape index (κ3) is 4.03. The maximum absolute atomic E-state index is 10.8. The topological polar surface area (TPSA) is 62.0 Å². The second-order valence-electron chi connectivity index (χ2n) is 3.99. The molecule has 104 valence electrons. The van der Waals surface area contributed by atoms with Gasteiger partial charge in [0.05, 0.1) is 0 Å².